The van der Waals surface area contributed by atoms with E-state index in [2.05, 4.69) is 10.6 Å². The molecule has 7 nitrogen and oxygen atoms in total. The summed E-state index contributed by atoms with van der Waals surface area (Å²) in [5, 5.41) is 5.37. The quantitative estimate of drug-likeness (QED) is 0.790. The first-order valence-electron chi connectivity index (χ1n) is 9.92. The zero-order valence-corrected chi connectivity index (χ0v) is 17.5. The summed E-state index contributed by atoms with van der Waals surface area (Å²) in [5.74, 6) is 0.197. The number of carbonyl (C=O) groups excluding carboxylic acids is 3. The SMILES string of the molecule is C[C@H]1C(=O)N(Cc2ccccc2)C[C@@H]2SC[C@H](NC(=O)Nc3ccccc3)C(=O)N21. The summed E-state index contributed by atoms with van der Waals surface area (Å²) in [4.78, 5) is 41.7. The Labute approximate surface area is 179 Å². The molecule has 2 aromatic rings. The number of para-hydroxylation sites is 1. The number of piperazine rings is 1. The molecular formula is C22H24N4O3S. The number of hydrogen-bond donors (Lipinski definition) is 2. The fourth-order valence-corrected chi connectivity index (χ4v) is 5.19. The number of amides is 4. The molecule has 2 aliphatic rings. The van der Waals surface area contributed by atoms with Crippen LogP contribution in [0.2, 0.25) is 0 Å². The van der Waals surface area contributed by atoms with Crippen LogP contribution in [0.4, 0.5) is 10.5 Å². The van der Waals surface area contributed by atoms with Gasteiger partial charge in [-0.25, -0.2) is 4.79 Å². The van der Waals surface area contributed by atoms with Crippen LogP contribution in [0.5, 0.6) is 0 Å². The van der Waals surface area contributed by atoms with Crippen LogP contribution < -0.4 is 10.6 Å². The first-order chi connectivity index (χ1) is 14.5. The molecule has 0 aliphatic carbocycles. The van der Waals surface area contributed by atoms with Crippen LogP contribution in [-0.4, -0.2) is 57.4 Å². The van der Waals surface area contributed by atoms with E-state index < -0.39 is 18.1 Å². The van der Waals surface area contributed by atoms with Crippen molar-refractivity contribution in [3.63, 3.8) is 0 Å². The minimum absolute atomic E-state index is 0.0709. The van der Waals surface area contributed by atoms with Gasteiger partial charge in [0, 0.05) is 18.0 Å². The Kier molecular flexibility index (Phi) is 5.94. The second-order valence-electron chi connectivity index (χ2n) is 7.43. The first kappa shape index (κ1) is 20.3. The Bertz CT molecular complexity index is 924. The number of hydrogen-bond acceptors (Lipinski definition) is 4. The summed E-state index contributed by atoms with van der Waals surface area (Å²) >= 11 is 1.60. The van der Waals surface area contributed by atoms with Gasteiger partial charge in [-0.2, -0.15) is 0 Å². The Hall–Kier alpha value is -3.00. The van der Waals surface area contributed by atoms with Crippen LogP contribution in [0.15, 0.2) is 60.7 Å². The normalized spacial score (nSPS) is 23.7. The molecule has 0 aromatic heterocycles. The maximum absolute atomic E-state index is 13.1. The second kappa shape index (κ2) is 8.79. The Morgan fingerprint density at radius 2 is 1.70 bits per heavy atom. The van der Waals surface area contributed by atoms with Gasteiger partial charge in [0.15, 0.2) is 0 Å². The van der Waals surface area contributed by atoms with Crippen molar-refractivity contribution in [1.82, 2.24) is 15.1 Å². The number of anilines is 1. The van der Waals surface area contributed by atoms with Gasteiger partial charge in [-0.1, -0.05) is 48.5 Å². The highest BCUT2D eigenvalue weighted by Gasteiger charge is 2.46. The fourth-order valence-electron chi connectivity index (χ4n) is 3.82. The molecule has 0 spiro atoms. The van der Waals surface area contributed by atoms with Crippen molar-refractivity contribution < 1.29 is 14.4 Å². The van der Waals surface area contributed by atoms with Gasteiger partial charge < -0.3 is 20.4 Å². The number of nitrogens with zero attached hydrogens (tertiary/aromatic N) is 2. The molecule has 2 aromatic carbocycles. The lowest BCUT2D eigenvalue weighted by molar-refractivity contribution is -0.153. The minimum Gasteiger partial charge on any atom is -0.334 e. The molecule has 2 aliphatic heterocycles. The summed E-state index contributed by atoms with van der Waals surface area (Å²) in [5.41, 5.74) is 1.72. The topological polar surface area (TPSA) is 81.8 Å². The van der Waals surface area contributed by atoms with E-state index in [1.807, 2.05) is 53.4 Å². The van der Waals surface area contributed by atoms with E-state index in [0.29, 0.717) is 24.5 Å². The number of nitrogens with one attached hydrogen (secondary N) is 2. The highest BCUT2D eigenvalue weighted by Crippen LogP contribution is 2.31. The van der Waals surface area contributed by atoms with Crippen molar-refractivity contribution in [2.75, 3.05) is 17.6 Å². The van der Waals surface area contributed by atoms with E-state index in [-0.39, 0.29) is 17.2 Å². The number of rotatable bonds is 4. The molecule has 8 heteroatoms. The van der Waals surface area contributed by atoms with Gasteiger partial charge in [0.05, 0.1) is 11.9 Å². The Morgan fingerprint density at radius 3 is 2.40 bits per heavy atom. The van der Waals surface area contributed by atoms with Crippen molar-refractivity contribution in [2.24, 2.45) is 0 Å². The van der Waals surface area contributed by atoms with Gasteiger partial charge in [0.25, 0.3) is 0 Å². The molecule has 2 fully saturated rings. The van der Waals surface area contributed by atoms with Crippen LogP contribution >= 0.6 is 11.8 Å². The third-order valence-electron chi connectivity index (χ3n) is 5.33. The standard InChI is InChI=1S/C22H24N4O3S/c1-15-20(27)25(12-16-8-4-2-5-9-16)13-19-26(15)21(28)18(14-30-19)24-22(29)23-17-10-6-3-7-11-17/h2-11,15,18-19H,12-14H2,1H3,(H2,23,24,29)/t15-,18-,19-/m0/s1. The predicted octanol–water partition coefficient (Wildman–Crippen LogP) is 2.51. The molecule has 2 N–H and O–H groups in total. The number of thioether (sulfide) groups is 1. The fraction of sp³-hybridized carbons (Fsp3) is 0.318. The molecule has 3 atom stereocenters. The molecule has 0 radical (unpaired) electrons. The average Bonchev–Trinajstić information content (AvgIpc) is 2.75. The van der Waals surface area contributed by atoms with Gasteiger partial charge in [0.2, 0.25) is 11.8 Å². The molecule has 4 rings (SSSR count). The largest absolute Gasteiger partial charge is 0.334 e. The summed E-state index contributed by atoms with van der Waals surface area (Å²) in [7, 11) is 0. The summed E-state index contributed by atoms with van der Waals surface area (Å²) in [6.45, 7) is 2.78. The smallest absolute Gasteiger partial charge is 0.319 e. The average molecular weight is 425 g/mol. The summed E-state index contributed by atoms with van der Waals surface area (Å²) in [6, 6.07) is 17.3. The molecule has 0 saturated carbocycles. The van der Waals surface area contributed by atoms with Crippen molar-refractivity contribution >= 4 is 35.3 Å². The van der Waals surface area contributed by atoms with E-state index in [1.165, 1.54) is 0 Å². The van der Waals surface area contributed by atoms with Crippen molar-refractivity contribution in [3.05, 3.63) is 66.2 Å². The van der Waals surface area contributed by atoms with Gasteiger partial charge in [-0.15, -0.1) is 11.8 Å². The molecule has 156 valence electrons. The van der Waals surface area contributed by atoms with Gasteiger partial charge in [-0.3, -0.25) is 9.59 Å². The molecular weight excluding hydrogens is 400 g/mol. The molecule has 0 unspecified atom stereocenters. The van der Waals surface area contributed by atoms with Crippen molar-refractivity contribution in [2.45, 2.75) is 30.9 Å². The third-order valence-corrected chi connectivity index (χ3v) is 6.62. The highest BCUT2D eigenvalue weighted by atomic mass is 32.2. The second-order valence-corrected chi connectivity index (χ2v) is 8.64. The van der Waals surface area contributed by atoms with Crippen LogP contribution in [-0.2, 0) is 16.1 Å². The van der Waals surface area contributed by atoms with E-state index in [1.54, 1.807) is 35.7 Å². The first-order valence-corrected chi connectivity index (χ1v) is 11.0. The number of benzene rings is 2. The van der Waals surface area contributed by atoms with Crippen LogP contribution in [0.1, 0.15) is 12.5 Å². The van der Waals surface area contributed by atoms with Gasteiger partial charge in [-0.05, 0) is 24.6 Å². The molecule has 30 heavy (non-hydrogen) atoms. The molecule has 2 heterocycles. The van der Waals surface area contributed by atoms with E-state index in [4.69, 9.17) is 0 Å². The molecule has 0 bridgehead atoms. The van der Waals surface area contributed by atoms with Crippen LogP contribution in [0.25, 0.3) is 0 Å². The number of fused-ring (bicyclic) bond motifs is 1. The zero-order valence-electron chi connectivity index (χ0n) is 16.7. The highest BCUT2D eigenvalue weighted by molar-refractivity contribution is 8.00. The lowest BCUT2D eigenvalue weighted by atomic mass is 10.1. The lowest BCUT2D eigenvalue weighted by Crippen LogP contribution is -2.67. The lowest BCUT2D eigenvalue weighted by Gasteiger charge is -2.48. The maximum Gasteiger partial charge on any atom is 0.319 e. The number of carbonyl (C=O) groups is 3. The van der Waals surface area contributed by atoms with Crippen molar-refractivity contribution in [3.8, 4) is 0 Å². The molecule has 4 amide bonds. The monoisotopic (exact) mass is 424 g/mol. The van der Waals surface area contributed by atoms with Crippen LogP contribution in [0, 0.1) is 0 Å². The molecule has 2 saturated heterocycles. The summed E-state index contributed by atoms with van der Waals surface area (Å²) in [6.07, 6.45) is 0. The Morgan fingerprint density at radius 1 is 1.03 bits per heavy atom. The number of urea groups is 1. The predicted molar refractivity (Wildman–Crippen MR) is 117 cm³/mol. The van der Waals surface area contributed by atoms with Gasteiger partial charge in [0.1, 0.15) is 12.1 Å². The van der Waals surface area contributed by atoms with Crippen molar-refractivity contribution in [1.29, 1.82) is 0 Å². The van der Waals surface area contributed by atoms with E-state index in [0.717, 1.165) is 5.56 Å². The zero-order chi connectivity index (χ0) is 21.1. The van der Waals surface area contributed by atoms with Gasteiger partial charge >= 0.3 is 6.03 Å². The third kappa shape index (κ3) is 4.28. The maximum atomic E-state index is 13.1. The summed E-state index contributed by atoms with van der Waals surface area (Å²) < 4.78 is 0. The minimum atomic E-state index is -0.661. The van der Waals surface area contributed by atoms with E-state index >= 15 is 0 Å². The van der Waals surface area contributed by atoms with Crippen LogP contribution in [0.3, 0.4) is 0 Å². The Balaban J connectivity index is 1.40. The van der Waals surface area contributed by atoms with E-state index in [9.17, 15) is 14.4 Å².